The van der Waals surface area contributed by atoms with Gasteiger partial charge in [0.2, 0.25) is 0 Å². The summed E-state index contributed by atoms with van der Waals surface area (Å²) in [5.41, 5.74) is 0. The summed E-state index contributed by atoms with van der Waals surface area (Å²) in [5, 5.41) is -6.39. The van der Waals surface area contributed by atoms with E-state index in [9.17, 15) is 38.6 Å². The number of ether oxygens (including phenoxy) is 1. The summed E-state index contributed by atoms with van der Waals surface area (Å²) < 4.78 is 100. The van der Waals surface area contributed by atoms with Crippen molar-refractivity contribution in [1.82, 2.24) is 0 Å². The second-order valence-corrected chi connectivity index (χ2v) is 4.66. The van der Waals surface area contributed by atoms with Crippen molar-refractivity contribution < 1.29 is 43.4 Å². The molecule has 0 aromatic heterocycles. The number of halogens is 8. The van der Waals surface area contributed by atoms with Crippen molar-refractivity contribution in [2.24, 2.45) is 0 Å². The van der Waals surface area contributed by atoms with Crippen molar-refractivity contribution in [2.45, 2.75) is 15.5 Å². The number of hydrogen-bond acceptors (Lipinski definition) is 3. The minimum absolute atomic E-state index is 0.116. The molecule has 0 aromatic carbocycles. The summed E-state index contributed by atoms with van der Waals surface area (Å²) >= 11 is -0.116. The Bertz CT molecular complexity index is 332. The van der Waals surface area contributed by atoms with Gasteiger partial charge in [-0.1, -0.05) is 3.89 Å². The Hall–Kier alpha value is 0.150. The van der Waals surface area contributed by atoms with E-state index in [0.717, 1.165) is 0 Å². The molecule has 92 valence electrons. The molecule has 0 saturated heterocycles. The van der Waals surface area contributed by atoms with Gasteiger partial charge in [0.1, 0.15) is 0 Å². The molecular weight excluding hydrogens is 376 g/mol. The van der Waals surface area contributed by atoms with Gasteiger partial charge < -0.3 is 0 Å². The first-order valence-electron chi connectivity index (χ1n) is 2.67. The van der Waals surface area contributed by atoms with Gasteiger partial charge in [0.05, 0.1) is 0 Å². The number of alkyl halides is 7. The van der Waals surface area contributed by atoms with E-state index in [1.54, 1.807) is 0 Å². The SMILES string of the molecule is O=S(=O)(F)C(F)(F)C(F)(F)OC(F)(F)I. The summed E-state index contributed by atoms with van der Waals surface area (Å²) in [6.45, 7) is 0. The van der Waals surface area contributed by atoms with E-state index < -0.39 is 25.7 Å². The van der Waals surface area contributed by atoms with Crippen molar-refractivity contribution in [2.75, 3.05) is 0 Å². The Morgan fingerprint density at radius 3 is 1.53 bits per heavy atom. The van der Waals surface area contributed by atoms with E-state index in [2.05, 4.69) is 4.74 Å². The average molecular weight is 376 g/mol. The van der Waals surface area contributed by atoms with Crippen molar-refractivity contribution in [1.29, 1.82) is 0 Å². The minimum atomic E-state index is -7.08. The summed E-state index contributed by atoms with van der Waals surface area (Å²) in [4.78, 5) is 0. The molecule has 12 heteroatoms. The largest absolute Gasteiger partial charge is 0.464 e. The second kappa shape index (κ2) is 3.87. The molecular formula is C3F7IO3S. The first kappa shape index (κ1) is 15.2. The van der Waals surface area contributed by atoms with Crippen LogP contribution in [-0.4, -0.2) is 23.9 Å². The van der Waals surface area contributed by atoms with E-state index in [1.165, 1.54) is 0 Å². The first-order chi connectivity index (χ1) is 6.21. The van der Waals surface area contributed by atoms with Gasteiger partial charge in [-0.15, -0.1) is 0 Å². The van der Waals surface area contributed by atoms with Crippen LogP contribution in [0.3, 0.4) is 0 Å². The fourth-order valence-electron chi connectivity index (χ4n) is 0.347. The van der Waals surface area contributed by atoms with Crippen LogP contribution in [0.5, 0.6) is 0 Å². The molecule has 15 heavy (non-hydrogen) atoms. The Balaban J connectivity index is 5.21. The van der Waals surface area contributed by atoms with Crippen molar-refractivity contribution in [3.8, 4) is 0 Å². The Morgan fingerprint density at radius 2 is 1.33 bits per heavy atom. The van der Waals surface area contributed by atoms with Crippen LogP contribution >= 0.6 is 22.6 Å². The van der Waals surface area contributed by atoms with E-state index in [1.807, 2.05) is 0 Å². The molecule has 0 unspecified atom stereocenters. The molecule has 3 nitrogen and oxygen atoms in total. The highest BCUT2D eigenvalue weighted by molar-refractivity contribution is 14.1. The normalized spacial score (nSPS) is 15.5. The standard InChI is InChI=1S/C3F7IO3S/c4-1(5,14-3(8,9)11)2(6,7)15(10,12)13. The van der Waals surface area contributed by atoms with Gasteiger partial charge in [-0.25, -0.2) is 4.74 Å². The lowest BCUT2D eigenvalue weighted by Gasteiger charge is -2.24. The molecule has 0 bridgehead atoms. The molecule has 0 aliphatic heterocycles. The van der Waals surface area contributed by atoms with E-state index in [4.69, 9.17) is 0 Å². The van der Waals surface area contributed by atoms with Crippen LogP contribution < -0.4 is 0 Å². The maximum Gasteiger partial charge on any atom is 0.464 e. The van der Waals surface area contributed by atoms with Gasteiger partial charge in [0.15, 0.2) is 0 Å². The van der Waals surface area contributed by atoms with Crippen molar-refractivity contribution in [3.05, 3.63) is 0 Å². The zero-order chi connectivity index (χ0) is 12.7. The van der Waals surface area contributed by atoms with E-state index in [0.29, 0.717) is 0 Å². The highest BCUT2D eigenvalue weighted by Gasteiger charge is 2.71. The fraction of sp³-hybridized carbons (Fsp3) is 1.00. The number of hydrogen-bond donors (Lipinski definition) is 0. The lowest BCUT2D eigenvalue weighted by Crippen LogP contribution is -2.49. The van der Waals surface area contributed by atoms with Crippen molar-refractivity contribution in [3.63, 3.8) is 0 Å². The average Bonchev–Trinajstić information content (AvgIpc) is 1.77. The van der Waals surface area contributed by atoms with Crippen molar-refractivity contribution >= 4 is 32.8 Å². The molecule has 0 spiro atoms. The van der Waals surface area contributed by atoms with Gasteiger partial charge >= 0.3 is 25.7 Å². The molecule has 0 atom stereocenters. The zero-order valence-electron chi connectivity index (χ0n) is 6.16. The molecule has 0 radical (unpaired) electrons. The van der Waals surface area contributed by atoms with Gasteiger partial charge in [-0.2, -0.15) is 34.8 Å². The Morgan fingerprint density at radius 1 is 1.00 bits per heavy atom. The van der Waals surface area contributed by atoms with Gasteiger partial charge in [-0.05, 0) is 0 Å². The van der Waals surface area contributed by atoms with E-state index >= 15 is 0 Å². The third-order valence-electron chi connectivity index (χ3n) is 0.889. The quantitative estimate of drug-likeness (QED) is 0.328. The number of rotatable bonds is 4. The van der Waals surface area contributed by atoms with Crippen LogP contribution in [0.4, 0.5) is 30.2 Å². The molecule has 0 aliphatic carbocycles. The first-order valence-corrected chi connectivity index (χ1v) is 5.14. The summed E-state index contributed by atoms with van der Waals surface area (Å²) in [6, 6.07) is 0. The van der Waals surface area contributed by atoms with Gasteiger partial charge in [0, 0.05) is 22.6 Å². The summed E-state index contributed by atoms with van der Waals surface area (Å²) in [5.74, 6) is 0. The maximum absolute atomic E-state index is 12.1. The lowest BCUT2D eigenvalue weighted by atomic mass is 10.6. The topological polar surface area (TPSA) is 43.4 Å². The minimum Gasteiger partial charge on any atom is -0.241 e. The molecule has 0 amide bonds. The second-order valence-electron chi connectivity index (χ2n) is 2.02. The van der Waals surface area contributed by atoms with Gasteiger partial charge in [-0.3, -0.25) is 0 Å². The maximum atomic E-state index is 12.1. The summed E-state index contributed by atoms with van der Waals surface area (Å²) in [6.07, 6.45) is -6.19. The Kier molecular flexibility index (Phi) is 3.91. The zero-order valence-corrected chi connectivity index (χ0v) is 9.13. The molecule has 0 saturated carbocycles. The van der Waals surface area contributed by atoms with Crippen LogP contribution in [0.25, 0.3) is 0 Å². The molecule has 0 heterocycles. The molecule has 0 aliphatic rings. The summed E-state index contributed by atoms with van der Waals surface area (Å²) in [7, 11) is -7.08. The third kappa shape index (κ3) is 3.58. The Labute approximate surface area is 91.9 Å². The van der Waals surface area contributed by atoms with Crippen LogP contribution in [0.1, 0.15) is 0 Å². The highest BCUT2D eigenvalue weighted by atomic mass is 127. The highest BCUT2D eigenvalue weighted by Crippen LogP contribution is 2.44. The lowest BCUT2D eigenvalue weighted by molar-refractivity contribution is -0.378. The van der Waals surface area contributed by atoms with Crippen LogP contribution in [0, 0.1) is 0 Å². The van der Waals surface area contributed by atoms with E-state index in [-0.39, 0.29) is 22.6 Å². The van der Waals surface area contributed by atoms with Crippen LogP contribution in [0.2, 0.25) is 0 Å². The molecule has 0 N–H and O–H groups in total. The molecule has 0 rings (SSSR count). The molecule has 0 fully saturated rings. The monoisotopic (exact) mass is 376 g/mol. The smallest absolute Gasteiger partial charge is 0.241 e. The third-order valence-corrected chi connectivity index (χ3v) is 1.96. The van der Waals surface area contributed by atoms with Crippen LogP contribution in [-0.2, 0) is 15.0 Å². The fourth-order valence-corrected chi connectivity index (χ4v) is 0.949. The molecule has 0 aromatic rings. The predicted molar refractivity (Wildman–Crippen MR) is 40.0 cm³/mol. The van der Waals surface area contributed by atoms with Gasteiger partial charge in [0.25, 0.3) is 0 Å². The van der Waals surface area contributed by atoms with Crippen LogP contribution in [0.15, 0.2) is 0 Å². The predicted octanol–water partition coefficient (Wildman–Crippen LogP) is 2.47.